The summed E-state index contributed by atoms with van der Waals surface area (Å²) < 4.78 is 34.0. The number of aromatic carboxylic acids is 1. The van der Waals surface area contributed by atoms with Crippen molar-refractivity contribution in [2.75, 3.05) is 6.61 Å². The molecule has 8 nitrogen and oxygen atoms in total. The van der Waals surface area contributed by atoms with E-state index in [2.05, 4.69) is 15.1 Å². The Balaban J connectivity index is 1.04. The third-order valence-electron chi connectivity index (χ3n) is 9.92. The highest BCUT2D eigenvalue weighted by Crippen LogP contribution is 2.55. The zero-order chi connectivity index (χ0) is 31.3. The van der Waals surface area contributed by atoms with Crippen LogP contribution in [0.25, 0.3) is 22.2 Å². The molecule has 3 heterocycles. The number of rotatable bonds is 11. The number of carbonyl (C=O) groups is 1. The standard InChI is InChI=1S/C34H34Cl2FN3O5/c1-2-3-20-12-27(32(41)42)39-29-22(20)13-21(14-26(29)37)43-18-33-6-9-34(10-7-33,11-8-33)44-17-23-30(40-45-31(23)19-4-5-19)28-24(35)15-38-16-25(28)36/h12-16,19H,2-11,17-18H2,1H3,(H,41,42). The zero-order valence-electron chi connectivity index (χ0n) is 25.0. The number of benzene rings is 1. The number of carboxylic acid groups (broad SMARTS) is 1. The summed E-state index contributed by atoms with van der Waals surface area (Å²) in [4.78, 5) is 19.7. The fourth-order valence-corrected chi connectivity index (χ4v) is 7.63. The van der Waals surface area contributed by atoms with Gasteiger partial charge in [-0.25, -0.2) is 14.2 Å². The molecule has 0 saturated heterocycles. The number of hydrogen-bond donors (Lipinski definition) is 1. The molecule has 2 bridgehead atoms. The summed E-state index contributed by atoms with van der Waals surface area (Å²) >= 11 is 13.0. The fraction of sp³-hybridized carbons (Fsp3) is 0.471. The number of aryl methyl sites for hydroxylation is 1. The summed E-state index contributed by atoms with van der Waals surface area (Å²) in [6.45, 7) is 2.86. The van der Waals surface area contributed by atoms with Crippen molar-refractivity contribution in [1.29, 1.82) is 0 Å². The van der Waals surface area contributed by atoms with E-state index in [1.165, 1.54) is 12.1 Å². The van der Waals surface area contributed by atoms with Crippen molar-refractivity contribution in [2.45, 2.75) is 89.3 Å². The van der Waals surface area contributed by atoms with Gasteiger partial charge in [0.1, 0.15) is 28.4 Å². The van der Waals surface area contributed by atoms with Gasteiger partial charge >= 0.3 is 5.97 Å². The highest BCUT2D eigenvalue weighted by molar-refractivity contribution is 6.38. The predicted molar refractivity (Wildman–Crippen MR) is 168 cm³/mol. The van der Waals surface area contributed by atoms with Gasteiger partial charge < -0.3 is 19.1 Å². The maximum atomic E-state index is 15.2. The maximum absolute atomic E-state index is 15.2. The van der Waals surface area contributed by atoms with Gasteiger partial charge in [0.25, 0.3) is 0 Å². The molecule has 3 aromatic heterocycles. The Labute approximate surface area is 270 Å². The number of carboxylic acids is 1. The average Bonchev–Trinajstić information content (AvgIpc) is 3.80. The van der Waals surface area contributed by atoms with Crippen molar-refractivity contribution < 1.29 is 28.3 Å². The van der Waals surface area contributed by atoms with Gasteiger partial charge in [0.2, 0.25) is 0 Å². The topological polar surface area (TPSA) is 108 Å². The molecule has 45 heavy (non-hydrogen) atoms. The number of ether oxygens (including phenoxy) is 2. The van der Waals surface area contributed by atoms with E-state index in [0.29, 0.717) is 58.0 Å². The molecule has 0 atom stereocenters. The number of halogens is 3. The van der Waals surface area contributed by atoms with E-state index < -0.39 is 11.8 Å². The minimum Gasteiger partial charge on any atom is -0.493 e. The summed E-state index contributed by atoms with van der Waals surface area (Å²) in [6.07, 6.45) is 12.2. The van der Waals surface area contributed by atoms with Gasteiger partial charge in [0.05, 0.1) is 28.9 Å². The minimum atomic E-state index is -1.17. The van der Waals surface area contributed by atoms with Crippen molar-refractivity contribution >= 4 is 40.1 Å². The number of hydrogen-bond acceptors (Lipinski definition) is 7. The first-order valence-electron chi connectivity index (χ1n) is 15.6. The minimum absolute atomic E-state index is 0.00613. The second-order valence-corrected chi connectivity index (χ2v) is 13.7. The summed E-state index contributed by atoms with van der Waals surface area (Å²) in [6, 6.07) is 4.66. The van der Waals surface area contributed by atoms with Crippen LogP contribution in [0.15, 0.2) is 35.1 Å². The number of pyridine rings is 2. The molecule has 4 aromatic rings. The van der Waals surface area contributed by atoms with Crippen LogP contribution in [0.3, 0.4) is 0 Å². The third kappa shape index (κ3) is 5.79. The molecular formula is C34H34Cl2FN3O5. The predicted octanol–water partition coefficient (Wildman–Crippen LogP) is 8.95. The molecule has 4 aliphatic rings. The van der Waals surface area contributed by atoms with E-state index in [1.54, 1.807) is 18.5 Å². The van der Waals surface area contributed by atoms with Crippen LogP contribution in [0.4, 0.5) is 4.39 Å². The molecule has 0 unspecified atom stereocenters. The smallest absolute Gasteiger partial charge is 0.354 e. The number of aromatic nitrogens is 3. The lowest BCUT2D eigenvalue weighted by Gasteiger charge is -2.52. The highest BCUT2D eigenvalue weighted by atomic mass is 35.5. The van der Waals surface area contributed by atoms with Crippen molar-refractivity contribution in [3.8, 4) is 17.0 Å². The second-order valence-electron chi connectivity index (χ2n) is 12.9. The Hall–Kier alpha value is -3.27. The Kier molecular flexibility index (Phi) is 7.99. The summed E-state index contributed by atoms with van der Waals surface area (Å²) in [7, 11) is 0. The van der Waals surface area contributed by atoms with Crippen LogP contribution >= 0.6 is 23.2 Å². The van der Waals surface area contributed by atoms with Crippen LogP contribution in [-0.2, 0) is 17.8 Å². The SMILES string of the molecule is CCCc1cc(C(=O)O)nc2c(F)cc(OCC34CCC(OCc5c(-c6c(Cl)cncc6Cl)noc5C5CC5)(CC3)CC4)cc12. The molecule has 1 N–H and O–H groups in total. The Morgan fingerprint density at radius 3 is 2.44 bits per heavy atom. The monoisotopic (exact) mass is 653 g/mol. The lowest BCUT2D eigenvalue weighted by molar-refractivity contribution is -0.150. The van der Waals surface area contributed by atoms with E-state index in [1.807, 2.05) is 6.92 Å². The normalized spacial score (nSPS) is 22.7. The summed E-state index contributed by atoms with van der Waals surface area (Å²) in [5.74, 6) is -0.101. The Bertz CT molecular complexity index is 1740. The van der Waals surface area contributed by atoms with E-state index in [-0.39, 0.29) is 22.2 Å². The van der Waals surface area contributed by atoms with Gasteiger partial charge in [0, 0.05) is 46.3 Å². The fourth-order valence-electron chi connectivity index (χ4n) is 7.08. The van der Waals surface area contributed by atoms with Gasteiger partial charge in [0.15, 0.2) is 5.82 Å². The summed E-state index contributed by atoms with van der Waals surface area (Å²) in [5.41, 5.74) is 2.59. The molecular weight excluding hydrogens is 620 g/mol. The first kappa shape index (κ1) is 30.4. The largest absolute Gasteiger partial charge is 0.493 e. The quantitative estimate of drug-likeness (QED) is 0.171. The van der Waals surface area contributed by atoms with Gasteiger partial charge in [-0.2, -0.15) is 0 Å². The van der Waals surface area contributed by atoms with Crippen molar-refractivity contribution in [3.63, 3.8) is 0 Å². The first-order chi connectivity index (χ1) is 21.7. The Morgan fingerprint density at radius 2 is 1.80 bits per heavy atom. The van der Waals surface area contributed by atoms with Crippen LogP contribution in [0.1, 0.15) is 98.0 Å². The molecule has 236 valence electrons. The zero-order valence-corrected chi connectivity index (χ0v) is 26.5. The van der Waals surface area contributed by atoms with E-state index in [4.69, 9.17) is 37.2 Å². The third-order valence-corrected chi connectivity index (χ3v) is 10.5. The molecule has 4 fully saturated rings. The number of fused-ring (bicyclic) bond motifs is 4. The van der Waals surface area contributed by atoms with E-state index >= 15 is 4.39 Å². The van der Waals surface area contributed by atoms with Crippen LogP contribution < -0.4 is 4.74 Å². The van der Waals surface area contributed by atoms with Gasteiger partial charge in [-0.15, -0.1) is 0 Å². The molecule has 0 aliphatic heterocycles. The second kappa shape index (κ2) is 11.8. The molecule has 0 amide bonds. The van der Waals surface area contributed by atoms with Gasteiger partial charge in [-0.05, 0) is 75.5 Å². The van der Waals surface area contributed by atoms with Crippen LogP contribution in [0.2, 0.25) is 10.0 Å². The number of nitrogens with zero attached hydrogens (tertiary/aromatic N) is 3. The molecule has 11 heteroatoms. The molecule has 1 aromatic carbocycles. The highest BCUT2D eigenvalue weighted by Gasteiger charge is 2.50. The average molecular weight is 655 g/mol. The van der Waals surface area contributed by atoms with Crippen molar-refractivity contribution in [2.24, 2.45) is 5.41 Å². The Morgan fingerprint density at radius 1 is 1.09 bits per heavy atom. The van der Waals surface area contributed by atoms with Gasteiger partial charge in [-0.1, -0.05) is 41.7 Å². The molecule has 0 radical (unpaired) electrons. The van der Waals surface area contributed by atoms with Crippen molar-refractivity contribution in [3.05, 3.63) is 69.0 Å². The summed E-state index contributed by atoms with van der Waals surface area (Å²) in [5, 5.41) is 15.3. The molecule has 4 aliphatic carbocycles. The van der Waals surface area contributed by atoms with Crippen LogP contribution in [-0.4, -0.2) is 38.4 Å². The molecule has 0 spiro atoms. The van der Waals surface area contributed by atoms with E-state index in [9.17, 15) is 9.90 Å². The molecule has 4 saturated carbocycles. The lowest BCUT2D eigenvalue weighted by atomic mass is 9.59. The van der Waals surface area contributed by atoms with Crippen LogP contribution in [0, 0.1) is 11.2 Å². The lowest BCUT2D eigenvalue weighted by Crippen LogP contribution is -2.49. The van der Waals surface area contributed by atoms with Crippen LogP contribution in [0.5, 0.6) is 5.75 Å². The maximum Gasteiger partial charge on any atom is 0.354 e. The van der Waals surface area contributed by atoms with Gasteiger partial charge in [-0.3, -0.25) is 4.98 Å². The van der Waals surface area contributed by atoms with Crippen molar-refractivity contribution in [1.82, 2.24) is 15.1 Å². The first-order valence-corrected chi connectivity index (χ1v) is 16.4. The van der Waals surface area contributed by atoms with E-state index in [0.717, 1.165) is 74.7 Å². The molecule has 8 rings (SSSR count).